The van der Waals surface area contributed by atoms with E-state index in [0.717, 1.165) is 6.08 Å². The number of carboxylic acid groups (broad SMARTS) is 1. The zero-order valence-electron chi connectivity index (χ0n) is 10.8. The summed E-state index contributed by atoms with van der Waals surface area (Å²) in [6.45, 7) is 2.24. The van der Waals surface area contributed by atoms with Gasteiger partial charge in [0.05, 0.1) is 12.2 Å². The molecule has 6 heteroatoms. The molecule has 6 nitrogen and oxygen atoms in total. The molecule has 0 saturated heterocycles. The highest BCUT2D eigenvalue weighted by Gasteiger charge is 2.10. The number of aliphatic carboxylic acids is 1. The molecule has 0 radical (unpaired) electrons. The van der Waals surface area contributed by atoms with Crippen LogP contribution in [-0.4, -0.2) is 41.7 Å². The van der Waals surface area contributed by atoms with E-state index in [2.05, 4.69) is 10.3 Å². The lowest BCUT2D eigenvalue weighted by Gasteiger charge is -2.12. The third kappa shape index (κ3) is 5.31. The Labute approximate surface area is 111 Å². The number of carbonyl (C=O) groups excluding carboxylic acids is 1. The minimum absolute atomic E-state index is 0.115. The monoisotopic (exact) mass is 264 g/mol. The van der Waals surface area contributed by atoms with E-state index < -0.39 is 5.97 Å². The lowest BCUT2D eigenvalue weighted by Crippen LogP contribution is -2.35. The normalized spacial score (nSPS) is 12.3. The van der Waals surface area contributed by atoms with Crippen molar-refractivity contribution in [3.05, 3.63) is 35.7 Å². The maximum atomic E-state index is 11.9. The first-order valence-electron chi connectivity index (χ1n) is 5.68. The molecule has 1 rings (SSSR count). The van der Waals surface area contributed by atoms with Gasteiger partial charge in [-0.15, -0.1) is 0 Å². The van der Waals surface area contributed by atoms with Crippen LogP contribution in [0.5, 0.6) is 0 Å². The number of carboxylic acids is 1. The zero-order valence-corrected chi connectivity index (χ0v) is 10.8. The van der Waals surface area contributed by atoms with Gasteiger partial charge in [-0.1, -0.05) is 0 Å². The van der Waals surface area contributed by atoms with Gasteiger partial charge in [0.15, 0.2) is 0 Å². The van der Waals surface area contributed by atoms with Crippen LogP contribution in [0, 0.1) is 0 Å². The number of rotatable bonds is 6. The Bertz CT molecular complexity index is 485. The first-order chi connectivity index (χ1) is 9.02. The lowest BCUT2D eigenvalue weighted by atomic mass is 10.1. The van der Waals surface area contributed by atoms with Gasteiger partial charge in [0.2, 0.25) is 0 Å². The van der Waals surface area contributed by atoms with Crippen molar-refractivity contribution < 1.29 is 19.4 Å². The second kappa shape index (κ2) is 7.27. The van der Waals surface area contributed by atoms with Gasteiger partial charge >= 0.3 is 5.97 Å². The van der Waals surface area contributed by atoms with E-state index >= 15 is 0 Å². The molecular weight excluding hydrogens is 248 g/mol. The zero-order chi connectivity index (χ0) is 14.3. The van der Waals surface area contributed by atoms with Crippen molar-refractivity contribution in [2.24, 2.45) is 0 Å². The van der Waals surface area contributed by atoms with E-state index in [9.17, 15) is 9.59 Å². The number of hydrogen-bond donors (Lipinski definition) is 2. The summed E-state index contributed by atoms with van der Waals surface area (Å²) in [5.74, 6) is -1.33. The molecule has 0 aliphatic carbocycles. The van der Waals surface area contributed by atoms with E-state index in [1.165, 1.54) is 18.5 Å². The van der Waals surface area contributed by atoms with Crippen molar-refractivity contribution in [3.63, 3.8) is 0 Å². The molecule has 1 atom stereocenters. The van der Waals surface area contributed by atoms with E-state index in [0.29, 0.717) is 17.7 Å². The summed E-state index contributed by atoms with van der Waals surface area (Å²) in [6.07, 6.45) is 5.28. The third-order valence-electron chi connectivity index (χ3n) is 2.23. The minimum Gasteiger partial charge on any atom is -0.478 e. The van der Waals surface area contributed by atoms with Gasteiger partial charge in [0, 0.05) is 31.6 Å². The topological polar surface area (TPSA) is 88.5 Å². The minimum atomic E-state index is -1.05. The second-order valence-corrected chi connectivity index (χ2v) is 4.01. The summed E-state index contributed by atoms with van der Waals surface area (Å²) in [5, 5.41) is 11.3. The molecule has 0 bridgehead atoms. The Morgan fingerprint density at radius 1 is 1.53 bits per heavy atom. The molecule has 1 unspecified atom stereocenters. The summed E-state index contributed by atoms with van der Waals surface area (Å²) in [6, 6.07) is 1.46. The van der Waals surface area contributed by atoms with E-state index in [1.807, 2.05) is 6.92 Å². The standard InChI is InChI=1S/C13H16N2O4/c1-9(8-19-2)15-13(18)11-5-10(6-14-7-11)3-4-12(16)17/h3-7,9H,8H2,1-2H3,(H,15,18)(H,16,17)/b4-3+. The molecule has 0 aromatic carbocycles. The molecule has 1 aromatic heterocycles. The van der Waals surface area contributed by atoms with Gasteiger partial charge in [-0.25, -0.2) is 4.79 Å². The average molecular weight is 264 g/mol. The summed E-state index contributed by atoms with van der Waals surface area (Å²) in [5.41, 5.74) is 0.921. The molecule has 0 fully saturated rings. The van der Waals surface area contributed by atoms with Crippen molar-refractivity contribution in [1.29, 1.82) is 0 Å². The van der Waals surface area contributed by atoms with Crippen LogP contribution in [0.2, 0.25) is 0 Å². The predicted octanol–water partition coefficient (Wildman–Crippen LogP) is 0.944. The first kappa shape index (κ1) is 14.8. The van der Waals surface area contributed by atoms with Crippen LogP contribution in [0.4, 0.5) is 0 Å². The number of methoxy groups -OCH3 is 1. The molecule has 1 aromatic rings. The Morgan fingerprint density at radius 3 is 2.89 bits per heavy atom. The van der Waals surface area contributed by atoms with Crippen LogP contribution < -0.4 is 5.32 Å². The number of pyridine rings is 1. The highest BCUT2D eigenvalue weighted by atomic mass is 16.5. The summed E-state index contributed by atoms with van der Waals surface area (Å²) >= 11 is 0. The van der Waals surface area contributed by atoms with Gasteiger partial charge in [-0.05, 0) is 24.6 Å². The number of carbonyl (C=O) groups is 2. The number of nitrogens with zero attached hydrogens (tertiary/aromatic N) is 1. The lowest BCUT2D eigenvalue weighted by molar-refractivity contribution is -0.131. The van der Waals surface area contributed by atoms with Crippen LogP contribution in [0.1, 0.15) is 22.8 Å². The van der Waals surface area contributed by atoms with Crippen LogP contribution in [0.25, 0.3) is 6.08 Å². The number of nitrogens with one attached hydrogen (secondary N) is 1. The predicted molar refractivity (Wildman–Crippen MR) is 69.7 cm³/mol. The van der Waals surface area contributed by atoms with Crippen LogP contribution in [0.3, 0.4) is 0 Å². The molecule has 2 N–H and O–H groups in total. The van der Waals surface area contributed by atoms with Crippen molar-refractivity contribution >= 4 is 18.0 Å². The van der Waals surface area contributed by atoms with Gasteiger partial charge in [-0.3, -0.25) is 9.78 Å². The van der Waals surface area contributed by atoms with Crippen LogP contribution >= 0.6 is 0 Å². The van der Waals surface area contributed by atoms with E-state index in [1.54, 1.807) is 13.2 Å². The van der Waals surface area contributed by atoms with Crippen LogP contribution in [0.15, 0.2) is 24.5 Å². The second-order valence-electron chi connectivity index (χ2n) is 4.01. The number of amides is 1. The molecule has 0 spiro atoms. The fourth-order valence-corrected chi connectivity index (χ4v) is 1.44. The molecule has 1 amide bonds. The maximum absolute atomic E-state index is 11.9. The van der Waals surface area contributed by atoms with Crippen molar-refractivity contribution in [2.45, 2.75) is 13.0 Å². The first-order valence-corrected chi connectivity index (χ1v) is 5.68. The summed E-state index contributed by atoms with van der Waals surface area (Å²) in [4.78, 5) is 26.2. The molecule has 102 valence electrons. The smallest absolute Gasteiger partial charge is 0.328 e. The molecular formula is C13H16N2O4. The highest BCUT2D eigenvalue weighted by molar-refractivity contribution is 5.95. The van der Waals surface area contributed by atoms with Gasteiger partial charge in [0.1, 0.15) is 0 Å². The highest BCUT2D eigenvalue weighted by Crippen LogP contribution is 2.05. The average Bonchev–Trinajstić information content (AvgIpc) is 2.37. The maximum Gasteiger partial charge on any atom is 0.328 e. The fourth-order valence-electron chi connectivity index (χ4n) is 1.44. The number of hydrogen-bond acceptors (Lipinski definition) is 4. The summed E-state index contributed by atoms with van der Waals surface area (Å²) in [7, 11) is 1.56. The molecule has 0 aliphatic rings. The van der Waals surface area contributed by atoms with Gasteiger partial charge in [0.25, 0.3) is 5.91 Å². The Kier molecular flexibility index (Phi) is 5.69. The molecule has 0 aliphatic heterocycles. The SMILES string of the molecule is COCC(C)NC(=O)c1cncc(/C=C/C(=O)O)c1. The van der Waals surface area contributed by atoms with Crippen LogP contribution in [-0.2, 0) is 9.53 Å². The van der Waals surface area contributed by atoms with Gasteiger partial charge in [-0.2, -0.15) is 0 Å². The summed E-state index contributed by atoms with van der Waals surface area (Å²) < 4.78 is 4.92. The molecule has 1 heterocycles. The van der Waals surface area contributed by atoms with Crippen molar-refractivity contribution in [1.82, 2.24) is 10.3 Å². The van der Waals surface area contributed by atoms with Crippen molar-refractivity contribution in [3.8, 4) is 0 Å². The number of aromatic nitrogens is 1. The molecule has 19 heavy (non-hydrogen) atoms. The Balaban J connectivity index is 2.75. The Morgan fingerprint density at radius 2 is 2.26 bits per heavy atom. The van der Waals surface area contributed by atoms with E-state index in [4.69, 9.17) is 9.84 Å². The fraction of sp³-hybridized carbons (Fsp3) is 0.308. The van der Waals surface area contributed by atoms with Gasteiger partial charge < -0.3 is 15.2 Å². The molecule has 0 saturated carbocycles. The van der Waals surface area contributed by atoms with E-state index in [-0.39, 0.29) is 11.9 Å². The number of ether oxygens (including phenoxy) is 1. The third-order valence-corrected chi connectivity index (χ3v) is 2.23. The quantitative estimate of drug-likeness (QED) is 0.747. The van der Waals surface area contributed by atoms with Crippen molar-refractivity contribution in [2.75, 3.05) is 13.7 Å². The largest absolute Gasteiger partial charge is 0.478 e. The Hall–Kier alpha value is -2.21.